The number of hydrogen-bond acceptors (Lipinski definition) is 4. The van der Waals surface area contributed by atoms with Crippen molar-refractivity contribution < 1.29 is 8.76 Å². The molecule has 1 aliphatic heterocycles. The van der Waals surface area contributed by atoms with Crippen LogP contribution in [0.4, 0.5) is 5.82 Å². The third-order valence-electron chi connectivity index (χ3n) is 4.38. The SMILES string of the molecule is Cn1cc(Br)c2ncnc(N3CCC(CCNS(=O)O)CC3)c21. The zero-order valence-corrected chi connectivity index (χ0v) is 15.3. The number of nitrogens with one attached hydrogen (secondary N) is 1. The summed E-state index contributed by atoms with van der Waals surface area (Å²) in [7, 11) is 2.01. The number of fused-ring (bicyclic) bond motifs is 1. The van der Waals surface area contributed by atoms with Gasteiger partial charge in [0, 0.05) is 32.9 Å². The van der Waals surface area contributed by atoms with Crippen molar-refractivity contribution in [3.05, 3.63) is 17.0 Å². The normalized spacial score (nSPS) is 17.8. The van der Waals surface area contributed by atoms with E-state index in [0.29, 0.717) is 12.5 Å². The molecule has 1 saturated heterocycles. The molecule has 7 nitrogen and oxygen atoms in total. The highest BCUT2D eigenvalue weighted by atomic mass is 79.9. The first-order valence-corrected chi connectivity index (χ1v) is 9.51. The second kappa shape index (κ2) is 7.25. The number of rotatable bonds is 5. The molecule has 2 N–H and O–H groups in total. The lowest BCUT2D eigenvalue weighted by Crippen LogP contribution is -2.35. The fourth-order valence-electron chi connectivity index (χ4n) is 3.18. The first-order valence-electron chi connectivity index (χ1n) is 7.61. The maximum absolute atomic E-state index is 10.6. The van der Waals surface area contributed by atoms with Crippen LogP contribution in [0.2, 0.25) is 0 Å². The molecule has 0 aromatic carbocycles. The summed E-state index contributed by atoms with van der Waals surface area (Å²) in [4.78, 5) is 11.2. The van der Waals surface area contributed by atoms with E-state index in [0.717, 1.165) is 53.7 Å². The predicted octanol–water partition coefficient (Wildman–Crippen LogP) is 2.06. The molecule has 23 heavy (non-hydrogen) atoms. The third kappa shape index (κ3) is 3.73. The highest BCUT2D eigenvalue weighted by Crippen LogP contribution is 2.32. The molecular formula is C14H20BrN5O2S. The van der Waals surface area contributed by atoms with E-state index in [2.05, 4.69) is 40.1 Å². The molecule has 1 unspecified atom stereocenters. The number of hydrogen-bond donors (Lipinski definition) is 2. The Kier molecular flexibility index (Phi) is 5.30. The van der Waals surface area contributed by atoms with Crippen LogP contribution in [0, 0.1) is 5.92 Å². The van der Waals surface area contributed by atoms with E-state index < -0.39 is 11.3 Å². The van der Waals surface area contributed by atoms with Gasteiger partial charge in [-0.3, -0.25) is 4.55 Å². The van der Waals surface area contributed by atoms with Gasteiger partial charge in [-0.25, -0.2) is 18.9 Å². The Morgan fingerprint density at radius 3 is 2.87 bits per heavy atom. The summed E-state index contributed by atoms with van der Waals surface area (Å²) in [5.41, 5.74) is 1.99. The second-order valence-corrected chi connectivity index (χ2v) is 7.49. The lowest BCUT2D eigenvalue weighted by molar-refractivity contribution is 0.380. The van der Waals surface area contributed by atoms with Gasteiger partial charge in [0.05, 0.1) is 4.47 Å². The third-order valence-corrected chi connectivity index (χ3v) is 5.41. The average Bonchev–Trinajstić information content (AvgIpc) is 2.83. The Bertz CT molecular complexity index is 715. The van der Waals surface area contributed by atoms with Crippen molar-refractivity contribution in [2.45, 2.75) is 19.3 Å². The summed E-state index contributed by atoms with van der Waals surface area (Å²) >= 11 is 1.64. The fourth-order valence-corrected chi connectivity index (χ4v) is 4.07. The smallest absolute Gasteiger partial charge is 0.231 e. The number of halogens is 1. The van der Waals surface area contributed by atoms with Crippen molar-refractivity contribution >= 4 is 44.0 Å². The van der Waals surface area contributed by atoms with Crippen LogP contribution in [-0.2, 0) is 18.3 Å². The van der Waals surface area contributed by atoms with Gasteiger partial charge in [0.2, 0.25) is 11.3 Å². The number of anilines is 1. The van der Waals surface area contributed by atoms with Gasteiger partial charge >= 0.3 is 0 Å². The van der Waals surface area contributed by atoms with Crippen molar-refractivity contribution in [2.24, 2.45) is 13.0 Å². The van der Waals surface area contributed by atoms with Crippen molar-refractivity contribution in [3.8, 4) is 0 Å². The molecule has 0 amide bonds. The lowest BCUT2D eigenvalue weighted by Gasteiger charge is -2.33. The topological polar surface area (TPSA) is 83.3 Å². The predicted molar refractivity (Wildman–Crippen MR) is 94.5 cm³/mol. The number of aromatic nitrogens is 3. The van der Waals surface area contributed by atoms with Crippen LogP contribution in [0.15, 0.2) is 17.0 Å². The molecule has 9 heteroatoms. The van der Waals surface area contributed by atoms with Crippen molar-refractivity contribution in [3.63, 3.8) is 0 Å². The van der Waals surface area contributed by atoms with Gasteiger partial charge in [0.1, 0.15) is 17.4 Å². The van der Waals surface area contributed by atoms with Crippen LogP contribution >= 0.6 is 15.9 Å². The molecule has 0 spiro atoms. The highest BCUT2D eigenvalue weighted by molar-refractivity contribution is 9.10. The van der Waals surface area contributed by atoms with Gasteiger partial charge in [0.25, 0.3) is 0 Å². The minimum Gasteiger partial charge on any atom is -0.355 e. The number of nitrogens with zero attached hydrogens (tertiary/aromatic N) is 4. The first-order chi connectivity index (χ1) is 11.1. The summed E-state index contributed by atoms with van der Waals surface area (Å²) in [5.74, 6) is 1.57. The second-order valence-electron chi connectivity index (χ2n) is 5.85. The first kappa shape index (κ1) is 16.8. The molecule has 1 aliphatic rings. The maximum Gasteiger partial charge on any atom is 0.231 e. The van der Waals surface area contributed by atoms with E-state index in [1.165, 1.54) is 0 Å². The van der Waals surface area contributed by atoms with Crippen LogP contribution in [0.5, 0.6) is 0 Å². The average molecular weight is 402 g/mol. The molecule has 0 aliphatic carbocycles. The monoisotopic (exact) mass is 401 g/mol. The minimum absolute atomic E-state index is 0.580. The summed E-state index contributed by atoms with van der Waals surface area (Å²) in [5, 5.41) is 0. The van der Waals surface area contributed by atoms with Crippen LogP contribution in [-0.4, -0.2) is 42.9 Å². The molecule has 3 rings (SSSR count). The maximum atomic E-state index is 10.6. The quantitative estimate of drug-likeness (QED) is 0.749. The van der Waals surface area contributed by atoms with Crippen LogP contribution in [0.1, 0.15) is 19.3 Å². The van der Waals surface area contributed by atoms with E-state index in [1.807, 2.05) is 13.2 Å². The zero-order chi connectivity index (χ0) is 16.4. The molecule has 2 aromatic heterocycles. The van der Waals surface area contributed by atoms with E-state index in [4.69, 9.17) is 4.55 Å². The molecule has 1 atom stereocenters. The Balaban J connectivity index is 1.67. The van der Waals surface area contributed by atoms with Gasteiger partial charge < -0.3 is 9.47 Å². The van der Waals surface area contributed by atoms with Crippen molar-refractivity contribution in [1.29, 1.82) is 0 Å². The Morgan fingerprint density at radius 1 is 1.43 bits per heavy atom. The van der Waals surface area contributed by atoms with Gasteiger partial charge in [-0.05, 0) is 41.1 Å². The van der Waals surface area contributed by atoms with Gasteiger partial charge in [0.15, 0.2) is 5.82 Å². The van der Waals surface area contributed by atoms with Crippen LogP contribution in [0.3, 0.4) is 0 Å². The fraction of sp³-hybridized carbons (Fsp3) is 0.571. The van der Waals surface area contributed by atoms with Gasteiger partial charge in [-0.1, -0.05) is 0 Å². The summed E-state index contributed by atoms with van der Waals surface area (Å²) < 4.78 is 24.9. The van der Waals surface area contributed by atoms with Crippen molar-refractivity contribution in [2.75, 3.05) is 24.5 Å². The molecule has 0 radical (unpaired) electrons. The summed E-state index contributed by atoms with van der Waals surface area (Å²) in [6.07, 6.45) is 6.69. The summed E-state index contributed by atoms with van der Waals surface area (Å²) in [6, 6.07) is 0. The highest BCUT2D eigenvalue weighted by Gasteiger charge is 2.23. The Labute approximate surface area is 146 Å². The summed E-state index contributed by atoms with van der Waals surface area (Å²) in [6.45, 7) is 2.47. The standard InChI is InChI=1S/C14H20BrN5O2S/c1-19-8-11(15)12-13(19)14(17-9-16-12)20-6-3-10(4-7-20)2-5-18-23(21)22/h8-10,18H,2-7H2,1H3,(H,21,22). The number of aryl methyl sites for hydroxylation is 1. The van der Waals surface area contributed by atoms with E-state index in [1.54, 1.807) is 6.33 Å². The zero-order valence-electron chi connectivity index (χ0n) is 12.9. The van der Waals surface area contributed by atoms with Gasteiger partial charge in [-0.15, -0.1) is 0 Å². The Morgan fingerprint density at radius 2 is 2.17 bits per heavy atom. The van der Waals surface area contributed by atoms with Crippen molar-refractivity contribution in [1.82, 2.24) is 19.3 Å². The van der Waals surface area contributed by atoms with Crippen LogP contribution < -0.4 is 9.62 Å². The molecule has 126 valence electrons. The molecule has 3 heterocycles. The molecular weight excluding hydrogens is 382 g/mol. The molecule has 0 bridgehead atoms. The van der Waals surface area contributed by atoms with E-state index >= 15 is 0 Å². The molecule has 1 fully saturated rings. The largest absolute Gasteiger partial charge is 0.355 e. The van der Waals surface area contributed by atoms with E-state index in [9.17, 15) is 4.21 Å². The Hall–Kier alpha value is -1.03. The molecule has 0 saturated carbocycles. The lowest BCUT2D eigenvalue weighted by atomic mass is 9.93. The molecule has 2 aromatic rings. The van der Waals surface area contributed by atoms with Gasteiger partial charge in [-0.2, -0.15) is 0 Å². The minimum atomic E-state index is -1.91. The number of piperidine rings is 1. The van der Waals surface area contributed by atoms with Crippen LogP contribution in [0.25, 0.3) is 11.0 Å². The van der Waals surface area contributed by atoms with E-state index in [-0.39, 0.29) is 0 Å².